The first-order chi connectivity index (χ1) is 7.50. The normalized spacial score (nSPS) is 16.9. The number of anilines is 1. The van der Waals surface area contributed by atoms with E-state index in [4.69, 9.17) is 5.73 Å². The average Bonchev–Trinajstić information content (AvgIpc) is 2.97. The summed E-state index contributed by atoms with van der Waals surface area (Å²) in [7, 11) is 0. The molecule has 16 heavy (non-hydrogen) atoms. The van der Waals surface area contributed by atoms with Crippen LogP contribution in [0.2, 0.25) is 0 Å². The molecule has 0 saturated heterocycles. The van der Waals surface area contributed by atoms with E-state index in [1.165, 1.54) is 12.8 Å². The van der Waals surface area contributed by atoms with E-state index in [2.05, 4.69) is 28.2 Å². The van der Waals surface area contributed by atoms with E-state index in [0.717, 1.165) is 11.0 Å². The number of rotatable bonds is 3. The number of nitrogens with two attached hydrogens (primary N) is 1. The first kappa shape index (κ1) is 11.5. The quantitative estimate of drug-likeness (QED) is 0.838. The minimum atomic E-state index is -0.0908. The molecule has 1 aromatic rings. The van der Waals surface area contributed by atoms with Gasteiger partial charge in [-0.1, -0.05) is 22.9 Å². The minimum absolute atomic E-state index is 0.0908. The summed E-state index contributed by atoms with van der Waals surface area (Å²) in [5.74, 6) is -0.0908. The summed E-state index contributed by atoms with van der Waals surface area (Å²) >= 11 is 3.33. The number of benzene rings is 1. The van der Waals surface area contributed by atoms with Gasteiger partial charge in [-0.15, -0.1) is 0 Å². The number of hydrogen-bond acceptors (Lipinski definition) is 2. The molecule has 2 rings (SSSR count). The van der Waals surface area contributed by atoms with Crippen LogP contribution in [-0.2, 0) is 0 Å². The summed E-state index contributed by atoms with van der Waals surface area (Å²) in [6.07, 6.45) is 2.39. The third-order valence-electron chi connectivity index (χ3n) is 3.04. The number of hydrogen-bond donors (Lipinski definition) is 2. The Morgan fingerprint density at radius 3 is 2.88 bits per heavy atom. The van der Waals surface area contributed by atoms with Crippen LogP contribution >= 0.6 is 15.9 Å². The zero-order valence-corrected chi connectivity index (χ0v) is 10.8. The Morgan fingerprint density at radius 2 is 2.25 bits per heavy atom. The molecule has 86 valence electrons. The van der Waals surface area contributed by atoms with E-state index >= 15 is 0 Å². The second-order valence-electron chi connectivity index (χ2n) is 4.72. The summed E-state index contributed by atoms with van der Waals surface area (Å²) in [6.45, 7) is 2.91. The van der Waals surface area contributed by atoms with E-state index in [0.29, 0.717) is 16.7 Å². The largest absolute Gasteiger partial charge is 0.398 e. The highest BCUT2D eigenvalue weighted by molar-refractivity contribution is 9.10. The summed E-state index contributed by atoms with van der Waals surface area (Å²) in [6, 6.07) is 5.31. The molecule has 0 spiro atoms. The van der Waals surface area contributed by atoms with Crippen LogP contribution in [0, 0.1) is 5.41 Å². The highest BCUT2D eigenvalue weighted by atomic mass is 79.9. The van der Waals surface area contributed by atoms with E-state index in [1.807, 2.05) is 6.07 Å². The molecule has 1 amide bonds. The Kier molecular flexibility index (Phi) is 2.93. The molecule has 0 aromatic heterocycles. The monoisotopic (exact) mass is 282 g/mol. The predicted molar refractivity (Wildman–Crippen MR) is 68.2 cm³/mol. The van der Waals surface area contributed by atoms with Crippen LogP contribution in [0.25, 0.3) is 0 Å². The highest BCUT2D eigenvalue weighted by Crippen LogP contribution is 2.44. The van der Waals surface area contributed by atoms with Crippen LogP contribution < -0.4 is 11.1 Å². The van der Waals surface area contributed by atoms with Gasteiger partial charge in [-0.2, -0.15) is 0 Å². The number of carbonyl (C=O) groups excluding carboxylic acids is 1. The van der Waals surface area contributed by atoms with Gasteiger partial charge in [0, 0.05) is 16.7 Å². The molecule has 1 aliphatic rings. The molecule has 1 aliphatic carbocycles. The van der Waals surface area contributed by atoms with Crippen molar-refractivity contribution in [2.75, 3.05) is 12.3 Å². The molecule has 3 N–H and O–H groups in total. The topological polar surface area (TPSA) is 55.1 Å². The first-order valence-electron chi connectivity index (χ1n) is 5.33. The lowest BCUT2D eigenvalue weighted by Crippen LogP contribution is -2.29. The summed E-state index contributed by atoms with van der Waals surface area (Å²) in [5.41, 5.74) is 7.14. The maximum Gasteiger partial charge on any atom is 0.253 e. The number of amides is 1. The van der Waals surface area contributed by atoms with Crippen LogP contribution in [-0.4, -0.2) is 12.5 Å². The lowest BCUT2D eigenvalue weighted by Gasteiger charge is -2.11. The Morgan fingerprint density at radius 1 is 1.56 bits per heavy atom. The van der Waals surface area contributed by atoms with Crippen LogP contribution in [0.5, 0.6) is 0 Å². The van der Waals surface area contributed by atoms with Crippen molar-refractivity contribution in [1.82, 2.24) is 5.32 Å². The van der Waals surface area contributed by atoms with Crippen molar-refractivity contribution in [3.8, 4) is 0 Å². The number of nitrogen functional groups attached to an aromatic ring is 1. The molecule has 0 bridgehead atoms. The Labute approximate surface area is 104 Å². The fraction of sp³-hybridized carbons (Fsp3) is 0.417. The van der Waals surface area contributed by atoms with Gasteiger partial charge in [0.25, 0.3) is 5.91 Å². The van der Waals surface area contributed by atoms with Crippen molar-refractivity contribution < 1.29 is 4.79 Å². The molecule has 0 aliphatic heterocycles. The van der Waals surface area contributed by atoms with Crippen molar-refractivity contribution >= 4 is 27.5 Å². The van der Waals surface area contributed by atoms with Crippen molar-refractivity contribution in [3.63, 3.8) is 0 Å². The van der Waals surface area contributed by atoms with Gasteiger partial charge >= 0.3 is 0 Å². The molecule has 1 aromatic carbocycles. The van der Waals surface area contributed by atoms with Crippen molar-refractivity contribution in [2.45, 2.75) is 19.8 Å². The average molecular weight is 283 g/mol. The summed E-state index contributed by atoms with van der Waals surface area (Å²) in [5, 5.41) is 2.93. The minimum Gasteiger partial charge on any atom is -0.398 e. The standard InChI is InChI=1S/C12H15BrN2O/c1-12(4-5-12)7-15-11(16)9-6-8(13)2-3-10(9)14/h2-3,6H,4-5,7,14H2,1H3,(H,15,16). The number of halogens is 1. The van der Waals surface area contributed by atoms with Crippen LogP contribution in [0.15, 0.2) is 22.7 Å². The first-order valence-corrected chi connectivity index (χ1v) is 6.13. The highest BCUT2D eigenvalue weighted by Gasteiger charge is 2.37. The zero-order chi connectivity index (χ0) is 11.8. The molecular formula is C12H15BrN2O. The lowest BCUT2D eigenvalue weighted by atomic mass is 10.1. The molecule has 0 heterocycles. The maximum absolute atomic E-state index is 11.9. The van der Waals surface area contributed by atoms with Crippen molar-refractivity contribution in [3.05, 3.63) is 28.2 Å². The second kappa shape index (κ2) is 4.09. The fourth-order valence-electron chi connectivity index (χ4n) is 1.50. The van der Waals surface area contributed by atoms with Crippen molar-refractivity contribution in [1.29, 1.82) is 0 Å². The molecule has 3 nitrogen and oxygen atoms in total. The van der Waals surface area contributed by atoms with Gasteiger partial charge in [0.05, 0.1) is 5.56 Å². The number of nitrogens with one attached hydrogen (secondary N) is 1. The van der Waals surface area contributed by atoms with Gasteiger partial charge in [0.1, 0.15) is 0 Å². The SMILES string of the molecule is CC1(CNC(=O)c2cc(Br)ccc2N)CC1. The summed E-state index contributed by atoms with van der Waals surface area (Å²) in [4.78, 5) is 11.9. The molecule has 1 fully saturated rings. The maximum atomic E-state index is 11.9. The lowest BCUT2D eigenvalue weighted by molar-refractivity contribution is 0.0947. The van der Waals surface area contributed by atoms with E-state index in [-0.39, 0.29) is 5.91 Å². The van der Waals surface area contributed by atoms with E-state index < -0.39 is 0 Å². The van der Waals surface area contributed by atoms with E-state index in [1.54, 1.807) is 12.1 Å². The third kappa shape index (κ3) is 2.55. The van der Waals surface area contributed by atoms with Gasteiger partial charge in [-0.05, 0) is 36.5 Å². The van der Waals surface area contributed by atoms with Gasteiger partial charge in [-0.3, -0.25) is 4.79 Å². The Hall–Kier alpha value is -1.03. The van der Waals surface area contributed by atoms with Gasteiger partial charge in [0.2, 0.25) is 0 Å². The molecule has 1 saturated carbocycles. The molecule has 0 radical (unpaired) electrons. The Balaban J connectivity index is 2.05. The molecular weight excluding hydrogens is 268 g/mol. The summed E-state index contributed by atoms with van der Waals surface area (Å²) < 4.78 is 0.865. The zero-order valence-electron chi connectivity index (χ0n) is 9.22. The van der Waals surface area contributed by atoms with Gasteiger partial charge < -0.3 is 11.1 Å². The van der Waals surface area contributed by atoms with Gasteiger partial charge in [-0.25, -0.2) is 0 Å². The molecule has 0 atom stereocenters. The fourth-order valence-corrected chi connectivity index (χ4v) is 1.87. The number of carbonyl (C=O) groups is 1. The van der Waals surface area contributed by atoms with E-state index in [9.17, 15) is 4.79 Å². The second-order valence-corrected chi connectivity index (χ2v) is 5.64. The van der Waals surface area contributed by atoms with Crippen LogP contribution in [0.1, 0.15) is 30.1 Å². The molecule has 4 heteroatoms. The van der Waals surface area contributed by atoms with Crippen molar-refractivity contribution in [2.24, 2.45) is 5.41 Å². The Bertz CT molecular complexity index is 427. The third-order valence-corrected chi connectivity index (χ3v) is 3.53. The van der Waals surface area contributed by atoms with Gasteiger partial charge in [0.15, 0.2) is 0 Å². The predicted octanol–water partition coefficient (Wildman–Crippen LogP) is 2.56. The van der Waals surface area contributed by atoms with Crippen LogP contribution in [0.4, 0.5) is 5.69 Å². The van der Waals surface area contributed by atoms with Crippen LogP contribution in [0.3, 0.4) is 0 Å². The molecule has 0 unspecified atom stereocenters. The smallest absolute Gasteiger partial charge is 0.253 e.